The largest absolute Gasteiger partial charge is 0.333 e. The minimum absolute atomic E-state index is 0.0296. The molecule has 0 radical (unpaired) electrons. The van der Waals surface area contributed by atoms with Crippen LogP contribution in [0.5, 0.6) is 0 Å². The number of amides is 1. The number of rotatable bonds is 3. The molecule has 6 rings (SSSR count). The van der Waals surface area contributed by atoms with Crippen LogP contribution < -0.4 is 10.6 Å². The number of nitrogens with zero attached hydrogens (tertiary/aromatic N) is 3. The normalized spacial score (nSPS) is 20.8. The molecule has 0 aliphatic carbocycles. The van der Waals surface area contributed by atoms with Crippen molar-refractivity contribution in [3.05, 3.63) is 81.2 Å². The number of hydrogen-bond acceptors (Lipinski definition) is 5. The fourth-order valence-electron chi connectivity index (χ4n) is 5.94. The second kappa shape index (κ2) is 8.94. The lowest BCUT2D eigenvalue weighted by Gasteiger charge is -2.38. The predicted octanol–water partition coefficient (Wildman–Crippen LogP) is 5.04. The van der Waals surface area contributed by atoms with E-state index in [2.05, 4.69) is 0 Å². The maximum absolute atomic E-state index is 14.7. The molecule has 186 valence electrons. The standard InChI is InChI=1S/C29H25FN4O2S/c1-33-26-9-5-17(12-27(26)37-29(33)36)23-8-4-18(10-24(23)16-2-3-19(15-31)25(30)11-16)28(35)34-21-6-7-22(34)14-20(32)13-21/h2-5,8-12,20-22H,6-7,13-14,32H2,1H3. The van der Waals surface area contributed by atoms with Gasteiger partial charge >= 0.3 is 4.87 Å². The lowest BCUT2D eigenvalue weighted by atomic mass is 9.91. The van der Waals surface area contributed by atoms with Crippen molar-refractivity contribution in [3.8, 4) is 28.3 Å². The smallest absolute Gasteiger partial charge is 0.307 e. The van der Waals surface area contributed by atoms with Crippen LogP contribution in [0.2, 0.25) is 0 Å². The molecule has 2 bridgehead atoms. The molecule has 2 N–H and O–H groups in total. The number of halogens is 1. The van der Waals surface area contributed by atoms with Gasteiger partial charge in [0.15, 0.2) is 0 Å². The van der Waals surface area contributed by atoms with Gasteiger partial charge in [0.2, 0.25) is 0 Å². The van der Waals surface area contributed by atoms with Crippen molar-refractivity contribution < 1.29 is 9.18 Å². The van der Waals surface area contributed by atoms with Crippen LogP contribution in [-0.2, 0) is 7.05 Å². The maximum atomic E-state index is 14.7. The Morgan fingerprint density at radius 3 is 2.43 bits per heavy atom. The summed E-state index contributed by atoms with van der Waals surface area (Å²) in [6.45, 7) is 0. The van der Waals surface area contributed by atoms with Crippen LogP contribution in [0.25, 0.3) is 32.5 Å². The summed E-state index contributed by atoms with van der Waals surface area (Å²) in [5, 5.41) is 9.20. The molecule has 2 fully saturated rings. The van der Waals surface area contributed by atoms with Gasteiger partial charge < -0.3 is 15.2 Å². The molecule has 3 heterocycles. The average Bonchev–Trinajstić information content (AvgIpc) is 3.34. The third-order valence-corrected chi connectivity index (χ3v) is 8.77. The number of nitriles is 1. The van der Waals surface area contributed by atoms with Crippen molar-refractivity contribution in [2.75, 3.05) is 0 Å². The molecule has 3 aromatic carbocycles. The molecule has 37 heavy (non-hydrogen) atoms. The number of carbonyl (C=O) groups excluding carboxylic acids is 1. The van der Waals surface area contributed by atoms with Crippen molar-refractivity contribution in [2.45, 2.75) is 43.8 Å². The van der Waals surface area contributed by atoms with Crippen molar-refractivity contribution in [3.63, 3.8) is 0 Å². The minimum Gasteiger partial charge on any atom is -0.333 e. The number of piperidine rings is 1. The first kappa shape index (κ1) is 23.6. The molecule has 0 saturated carbocycles. The molecule has 6 nitrogen and oxygen atoms in total. The molecular formula is C29H25FN4O2S. The minimum atomic E-state index is -0.609. The lowest BCUT2D eigenvalue weighted by Crippen LogP contribution is -2.50. The Hall–Kier alpha value is -3.80. The van der Waals surface area contributed by atoms with E-state index in [4.69, 9.17) is 5.73 Å². The number of nitrogens with two attached hydrogens (primary N) is 1. The summed E-state index contributed by atoms with van der Waals surface area (Å²) in [4.78, 5) is 27.8. The monoisotopic (exact) mass is 512 g/mol. The maximum Gasteiger partial charge on any atom is 0.307 e. The zero-order valence-corrected chi connectivity index (χ0v) is 21.1. The van der Waals surface area contributed by atoms with Gasteiger partial charge in [-0.2, -0.15) is 5.26 Å². The van der Waals surface area contributed by atoms with Crippen LogP contribution in [-0.4, -0.2) is 33.5 Å². The van der Waals surface area contributed by atoms with Gasteiger partial charge in [0.1, 0.15) is 11.9 Å². The Labute approximate surface area is 217 Å². The second-order valence-electron chi connectivity index (χ2n) is 10.0. The molecular weight excluding hydrogens is 487 g/mol. The molecule has 2 saturated heterocycles. The van der Waals surface area contributed by atoms with Gasteiger partial charge in [0.25, 0.3) is 5.91 Å². The highest BCUT2D eigenvalue weighted by Gasteiger charge is 2.42. The van der Waals surface area contributed by atoms with Crippen molar-refractivity contribution in [2.24, 2.45) is 12.8 Å². The van der Waals surface area contributed by atoms with E-state index in [0.29, 0.717) is 16.7 Å². The van der Waals surface area contributed by atoms with Crippen LogP contribution in [0, 0.1) is 17.1 Å². The molecule has 4 aromatic rings. The molecule has 1 aromatic heterocycles. The number of benzene rings is 3. The van der Waals surface area contributed by atoms with Gasteiger partial charge in [-0.05, 0) is 84.3 Å². The predicted molar refractivity (Wildman–Crippen MR) is 143 cm³/mol. The van der Waals surface area contributed by atoms with Gasteiger partial charge in [-0.1, -0.05) is 29.5 Å². The second-order valence-corrected chi connectivity index (χ2v) is 11.0. The number of hydrogen-bond donors (Lipinski definition) is 1. The highest BCUT2D eigenvalue weighted by Crippen LogP contribution is 2.39. The van der Waals surface area contributed by atoms with Crippen LogP contribution in [0.4, 0.5) is 4.39 Å². The number of aryl methyl sites for hydroxylation is 1. The molecule has 0 spiro atoms. The van der Waals surface area contributed by atoms with Crippen LogP contribution in [0.3, 0.4) is 0 Å². The number of aromatic nitrogens is 1. The van der Waals surface area contributed by atoms with Crippen LogP contribution >= 0.6 is 11.3 Å². The average molecular weight is 513 g/mol. The Bertz CT molecular complexity index is 1650. The fraction of sp³-hybridized carbons (Fsp3) is 0.276. The van der Waals surface area contributed by atoms with E-state index in [-0.39, 0.29) is 34.5 Å². The summed E-state index contributed by atoms with van der Waals surface area (Å²) >= 11 is 1.17. The van der Waals surface area contributed by atoms with Gasteiger partial charge in [-0.25, -0.2) is 4.39 Å². The highest BCUT2D eigenvalue weighted by atomic mass is 32.1. The molecule has 2 aliphatic heterocycles. The van der Waals surface area contributed by atoms with E-state index in [1.165, 1.54) is 23.5 Å². The number of thiazole rings is 1. The number of fused-ring (bicyclic) bond motifs is 3. The third kappa shape index (κ3) is 3.95. The SMILES string of the molecule is Cn1c(=O)sc2cc(-c3ccc(C(=O)N4C5CCC4CC(N)C5)cc3-c3ccc(C#N)c(F)c3)ccc21. The third-order valence-electron chi connectivity index (χ3n) is 7.77. The highest BCUT2D eigenvalue weighted by molar-refractivity contribution is 7.16. The first-order valence-electron chi connectivity index (χ1n) is 12.4. The summed E-state index contributed by atoms with van der Waals surface area (Å²) in [6, 6.07) is 18.1. The molecule has 2 unspecified atom stereocenters. The zero-order valence-electron chi connectivity index (χ0n) is 20.3. The molecule has 8 heteroatoms. The zero-order chi connectivity index (χ0) is 25.8. The summed E-state index contributed by atoms with van der Waals surface area (Å²) in [6.07, 6.45) is 3.56. The van der Waals surface area contributed by atoms with Crippen LogP contribution in [0.15, 0.2) is 59.4 Å². The van der Waals surface area contributed by atoms with E-state index in [1.54, 1.807) is 17.7 Å². The fourth-order valence-corrected chi connectivity index (χ4v) is 6.86. The van der Waals surface area contributed by atoms with Gasteiger partial charge in [-0.15, -0.1) is 0 Å². The molecule has 2 atom stereocenters. The summed E-state index contributed by atoms with van der Waals surface area (Å²) in [5.74, 6) is -0.638. The van der Waals surface area contributed by atoms with E-state index in [0.717, 1.165) is 47.0 Å². The molecule has 2 aliphatic rings. The topological polar surface area (TPSA) is 92.1 Å². The van der Waals surface area contributed by atoms with E-state index in [1.807, 2.05) is 47.4 Å². The van der Waals surface area contributed by atoms with Crippen molar-refractivity contribution in [1.29, 1.82) is 5.26 Å². The Morgan fingerprint density at radius 1 is 1.03 bits per heavy atom. The Balaban J connectivity index is 1.48. The molecule has 1 amide bonds. The van der Waals surface area contributed by atoms with Gasteiger partial charge in [0, 0.05) is 30.7 Å². The summed E-state index contributed by atoms with van der Waals surface area (Å²) in [7, 11) is 1.74. The summed E-state index contributed by atoms with van der Waals surface area (Å²) in [5.41, 5.74) is 10.5. The van der Waals surface area contributed by atoms with Gasteiger partial charge in [-0.3, -0.25) is 9.59 Å². The van der Waals surface area contributed by atoms with E-state index >= 15 is 0 Å². The van der Waals surface area contributed by atoms with Crippen molar-refractivity contribution >= 4 is 27.5 Å². The van der Waals surface area contributed by atoms with Gasteiger partial charge in [0.05, 0.1) is 15.8 Å². The van der Waals surface area contributed by atoms with E-state index < -0.39 is 5.82 Å². The quantitative estimate of drug-likeness (QED) is 0.416. The summed E-state index contributed by atoms with van der Waals surface area (Å²) < 4.78 is 17.1. The number of carbonyl (C=O) groups is 1. The Kier molecular flexibility index (Phi) is 5.70. The van der Waals surface area contributed by atoms with Crippen molar-refractivity contribution in [1.82, 2.24) is 9.47 Å². The Morgan fingerprint density at radius 2 is 1.73 bits per heavy atom. The first-order chi connectivity index (χ1) is 17.8. The van der Waals surface area contributed by atoms with Crippen LogP contribution in [0.1, 0.15) is 41.6 Å². The first-order valence-corrected chi connectivity index (χ1v) is 13.2. The lowest BCUT2D eigenvalue weighted by molar-refractivity contribution is 0.0575. The van der Waals surface area contributed by atoms with E-state index in [9.17, 15) is 19.2 Å².